The molecule has 1 heterocycles. The van der Waals surface area contributed by atoms with Gasteiger partial charge in [0.1, 0.15) is 5.75 Å². The highest BCUT2D eigenvalue weighted by molar-refractivity contribution is 5.60. The van der Waals surface area contributed by atoms with E-state index >= 15 is 0 Å². The summed E-state index contributed by atoms with van der Waals surface area (Å²) in [5.41, 5.74) is 3.50. The summed E-state index contributed by atoms with van der Waals surface area (Å²) in [7, 11) is 0. The average Bonchev–Trinajstić information content (AvgIpc) is 2.74. The van der Waals surface area contributed by atoms with Crippen molar-refractivity contribution in [3.8, 4) is 17.0 Å². The standard InChI is InChI=1S/C26H37NO/c1-3-8-21-13-18-26(27-20-21)24-14-16-25(17-15-24)28-19-7-12-23-11-6-5-10-22(23)9-4-2/h13-18,20,22-23H,3-12,19H2,1-2H3. The van der Waals surface area contributed by atoms with Crippen LogP contribution in [0.25, 0.3) is 11.3 Å². The van der Waals surface area contributed by atoms with Crippen molar-refractivity contribution in [2.24, 2.45) is 11.8 Å². The molecule has 2 aromatic rings. The normalized spacial score (nSPS) is 19.5. The number of ether oxygens (including phenoxy) is 1. The van der Waals surface area contributed by atoms with Gasteiger partial charge in [-0.1, -0.05) is 64.9 Å². The fraction of sp³-hybridized carbons (Fsp3) is 0.577. The van der Waals surface area contributed by atoms with Gasteiger partial charge in [-0.15, -0.1) is 0 Å². The van der Waals surface area contributed by atoms with E-state index in [4.69, 9.17) is 4.74 Å². The van der Waals surface area contributed by atoms with Crippen LogP contribution in [-0.2, 0) is 6.42 Å². The van der Waals surface area contributed by atoms with E-state index in [1.54, 1.807) is 0 Å². The molecule has 0 aliphatic heterocycles. The van der Waals surface area contributed by atoms with Gasteiger partial charge < -0.3 is 4.74 Å². The van der Waals surface area contributed by atoms with E-state index in [1.807, 2.05) is 6.20 Å². The highest BCUT2D eigenvalue weighted by atomic mass is 16.5. The quantitative estimate of drug-likeness (QED) is 0.399. The Morgan fingerprint density at radius 1 is 0.893 bits per heavy atom. The molecule has 1 aliphatic rings. The second-order valence-corrected chi connectivity index (χ2v) is 8.41. The number of hydrogen-bond donors (Lipinski definition) is 0. The summed E-state index contributed by atoms with van der Waals surface area (Å²) in [5, 5.41) is 0. The van der Waals surface area contributed by atoms with Gasteiger partial charge in [0.2, 0.25) is 0 Å². The predicted octanol–water partition coefficient (Wildman–Crippen LogP) is 7.47. The first-order chi connectivity index (χ1) is 13.8. The highest BCUT2D eigenvalue weighted by Crippen LogP contribution is 2.36. The summed E-state index contributed by atoms with van der Waals surface area (Å²) in [4.78, 5) is 4.61. The third-order valence-electron chi connectivity index (χ3n) is 6.23. The van der Waals surface area contributed by atoms with Gasteiger partial charge in [-0.25, -0.2) is 0 Å². The Bertz CT molecular complexity index is 675. The summed E-state index contributed by atoms with van der Waals surface area (Å²) in [5.74, 6) is 2.87. The molecular weight excluding hydrogens is 342 g/mol. The Morgan fingerprint density at radius 3 is 2.29 bits per heavy atom. The largest absolute Gasteiger partial charge is 0.494 e. The van der Waals surface area contributed by atoms with E-state index in [9.17, 15) is 0 Å². The molecule has 0 radical (unpaired) electrons. The van der Waals surface area contributed by atoms with Crippen molar-refractivity contribution in [2.45, 2.75) is 78.1 Å². The van der Waals surface area contributed by atoms with Crippen LogP contribution in [0.2, 0.25) is 0 Å². The van der Waals surface area contributed by atoms with Crippen molar-refractivity contribution >= 4 is 0 Å². The van der Waals surface area contributed by atoms with E-state index in [1.165, 1.54) is 56.9 Å². The van der Waals surface area contributed by atoms with Gasteiger partial charge in [-0.05, 0) is 67.0 Å². The summed E-state index contributed by atoms with van der Waals surface area (Å²) in [6, 6.07) is 12.7. The SMILES string of the molecule is CCCc1ccc(-c2ccc(OCCCC3CCCCC3CCC)cc2)nc1. The minimum absolute atomic E-state index is 0.832. The lowest BCUT2D eigenvalue weighted by atomic mass is 9.75. The molecule has 28 heavy (non-hydrogen) atoms. The second-order valence-electron chi connectivity index (χ2n) is 8.41. The lowest BCUT2D eigenvalue weighted by Crippen LogP contribution is -2.20. The van der Waals surface area contributed by atoms with Gasteiger partial charge in [-0.3, -0.25) is 4.98 Å². The molecule has 152 valence electrons. The molecule has 3 rings (SSSR count). The Labute approximate surface area is 171 Å². The number of benzene rings is 1. The van der Waals surface area contributed by atoms with Crippen LogP contribution < -0.4 is 4.74 Å². The Kier molecular flexibility index (Phi) is 8.39. The lowest BCUT2D eigenvalue weighted by Gasteiger charge is -2.31. The Hall–Kier alpha value is -1.83. The zero-order chi connectivity index (χ0) is 19.6. The molecule has 1 fully saturated rings. The number of pyridine rings is 1. The first-order valence-corrected chi connectivity index (χ1v) is 11.5. The van der Waals surface area contributed by atoms with E-state index in [0.717, 1.165) is 48.3 Å². The van der Waals surface area contributed by atoms with Crippen LogP contribution >= 0.6 is 0 Å². The van der Waals surface area contributed by atoms with Crippen molar-refractivity contribution in [2.75, 3.05) is 6.61 Å². The van der Waals surface area contributed by atoms with Crippen LogP contribution in [0, 0.1) is 11.8 Å². The minimum Gasteiger partial charge on any atom is -0.494 e. The molecule has 1 aliphatic carbocycles. The fourth-order valence-electron chi connectivity index (χ4n) is 4.70. The Balaban J connectivity index is 1.44. The summed E-state index contributed by atoms with van der Waals surface area (Å²) < 4.78 is 6.01. The molecule has 2 atom stereocenters. The number of hydrogen-bond acceptors (Lipinski definition) is 2. The molecule has 1 aromatic heterocycles. The maximum absolute atomic E-state index is 6.01. The van der Waals surface area contributed by atoms with Crippen LogP contribution in [0.4, 0.5) is 0 Å². The van der Waals surface area contributed by atoms with Gasteiger partial charge in [0.25, 0.3) is 0 Å². The molecule has 1 aromatic carbocycles. The van der Waals surface area contributed by atoms with Crippen LogP contribution in [0.5, 0.6) is 5.75 Å². The third kappa shape index (κ3) is 6.09. The number of aryl methyl sites for hydroxylation is 1. The molecule has 0 saturated heterocycles. The van der Waals surface area contributed by atoms with Crippen LogP contribution in [0.3, 0.4) is 0 Å². The molecule has 0 spiro atoms. The van der Waals surface area contributed by atoms with Gasteiger partial charge in [-0.2, -0.15) is 0 Å². The zero-order valence-electron chi connectivity index (χ0n) is 17.8. The molecule has 1 saturated carbocycles. The van der Waals surface area contributed by atoms with Crippen molar-refractivity contribution < 1.29 is 4.74 Å². The molecule has 2 unspecified atom stereocenters. The number of aromatic nitrogens is 1. The zero-order valence-corrected chi connectivity index (χ0v) is 17.8. The monoisotopic (exact) mass is 379 g/mol. The lowest BCUT2D eigenvalue weighted by molar-refractivity contribution is 0.193. The fourth-order valence-corrected chi connectivity index (χ4v) is 4.70. The van der Waals surface area contributed by atoms with Crippen molar-refractivity contribution in [1.82, 2.24) is 4.98 Å². The van der Waals surface area contributed by atoms with Crippen molar-refractivity contribution in [1.29, 1.82) is 0 Å². The maximum atomic E-state index is 6.01. The highest BCUT2D eigenvalue weighted by Gasteiger charge is 2.23. The number of nitrogens with zero attached hydrogens (tertiary/aromatic N) is 1. The molecule has 2 heteroatoms. The smallest absolute Gasteiger partial charge is 0.119 e. The first-order valence-electron chi connectivity index (χ1n) is 11.5. The summed E-state index contributed by atoms with van der Waals surface area (Å²) in [6.07, 6.45) is 15.3. The van der Waals surface area contributed by atoms with Crippen LogP contribution in [-0.4, -0.2) is 11.6 Å². The minimum atomic E-state index is 0.832. The van der Waals surface area contributed by atoms with Gasteiger partial charge in [0.15, 0.2) is 0 Å². The first kappa shape index (κ1) is 20.9. The van der Waals surface area contributed by atoms with E-state index in [-0.39, 0.29) is 0 Å². The van der Waals surface area contributed by atoms with Crippen LogP contribution in [0.15, 0.2) is 42.6 Å². The molecule has 0 bridgehead atoms. The summed E-state index contributed by atoms with van der Waals surface area (Å²) in [6.45, 7) is 5.36. The van der Waals surface area contributed by atoms with Gasteiger partial charge in [0.05, 0.1) is 12.3 Å². The molecular formula is C26H37NO. The Morgan fingerprint density at radius 2 is 1.64 bits per heavy atom. The predicted molar refractivity (Wildman–Crippen MR) is 119 cm³/mol. The second kappa shape index (κ2) is 11.2. The van der Waals surface area contributed by atoms with Gasteiger partial charge >= 0.3 is 0 Å². The van der Waals surface area contributed by atoms with E-state index in [2.05, 4.69) is 55.2 Å². The van der Waals surface area contributed by atoms with Crippen molar-refractivity contribution in [3.63, 3.8) is 0 Å². The molecule has 0 N–H and O–H groups in total. The number of rotatable bonds is 10. The van der Waals surface area contributed by atoms with E-state index < -0.39 is 0 Å². The topological polar surface area (TPSA) is 22.1 Å². The van der Waals surface area contributed by atoms with Crippen LogP contribution in [0.1, 0.15) is 77.2 Å². The maximum Gasteiger partial charge on any atom is 0.119 e. The summed E-state index contributed by atoms with van der Waals surface area (Å²) >= 11 is 0. The average molecular weight is 380 g/mol. The van der Waals surface area contributed by atoms with Gasteiger partial charge in [0, 0.05) is 11.8 Å². The molecule has 2 nitrogen and oxygen atoms in total. The third-order valence-corrected chi connectivity index (χ3v) is 6.23. The van der Waals surface area contributed by atoms with Crippen molar-refractivity contribution in [3.05, 3.63) is 48.2 Å². The molecule has 0 amide bonds. The van der Waals surface area contributed by atoms with E-state index in [0.29, 0.717) is 0 Å².